The van der Waals surface area contributed by atoms with Crippen molar-refractivity contribution in [2.75, 3.05) is 25.9 Å². The molecule has 0 aliphatic carbocycles. The number of aryl methyl sites for hydroxylation is 1. The van der Waals surface area contributed by atoms with Crippen molar-refractivity contribution >= 4 is 11.5 Å². The van der Waals surface area contributed by atoms with Gasteiger partial charge in [-0.1, -0.05) is 0 Å². The van der Waals surface area contributed by atoms with Crippen molar-refractivity contribution < 1.29 is 9.15 Å². The Morgan fingerprint density at radius 3 is 3.00 bits per heavy atom. The molecule has 1 unspecified atom stereocenters. The van der Waals surface area contributed by atoms with Crippen LogP contribution in [0.2, 0.25) is 0 Å². The first-order chi connectivity index (χ1) is 12.6. The van der Waals surface area contributed by atoms with Gasteiger partial charge in [0.15, 0.2) is 5.65 Å². The van der Waals surface area contributed by atoms with E-state index in [4.69, 9.17) is 19.9 Å². The molecule has 26 heavy (non-hydrogen) atoms. The summed E-state index contributed by atoms with van der Waals surface area (Å²) in [5.74, 6) is 2.87. The maximum atomic E-state index is 6.19. The van der Waals surface area contributed by atoms with E-state index >= 15 is 0 Å². The third-order valence-electron chi connectivity index (χ3n) is 4.90. The van der Waals surface area contributed by atoms with Crippen molar-refractivity contribution in [3.8, 4) is 0 Å². The summed E-state index contributed by atoms with van der Waals surface area (Å²) < 4.78 is 12.7. The SMILES string of the molecule is COCc1ccc(CN2CCCC(c3cc(N)n4nc(C)cc4n3)C2)o1. The van der Waals surface area contributed by atoms with Crippen LogP contribution >= 0.6 is 0 Å². The number of furan rings is 1. The van der Waals surface area contributed by atoms with Crippen LogP contribution in [0.25, 0.3) is 5.65 Å². The minimum absolute atomic E-state index is 0.375. The second kappa shape index (κ2) is 7.09. The minimum Gasteiger partial charge on any atom is -0.462 e. The van der Waals surface area contributed by atoms with Crippen LogP contribution in [0.4, 0.5) is 5.82 Å². The van der Waals surface area contributed by atoms with E-state index in [0.29, 0.717) is 18.3 Å². The number of ether oxygens (including phenoxy) is 1. The van der Waals surface area contributed by atoms with Gasteiger partial charge in [-0.05, 0) is 38.4 Å². The molecule has 7 nitrogen and oxygen atoms in total. The van der Waals surface area contributed by atoms with Gasteiger partial charge in [-0.25, -0.2) is 4.98 Å². The standard InChI is InChI=1S/C19H25N5O2/c1-13-8-19-21-17(9-18(20)24(19)22-13)14-4-3-7-23(10-14)11-15-5-6-16(26-15)12-25-2/h5-6,8-9,14H,3-4,7,10-12,20H2,1-2H3. The van der Waals surface area contributed by atoms with E-state index in [9.17, 15) is 0 Å². The molecule has 4 rings (SSSR count). The molecule has 0 saturated carbocycles. The van der Waals surface area contributed by atoms with Crippen molar-refractivity contribution in [1.82, 2.24) is 19.5 Å². The Labute approximate surface area is 152 Å². The molecule has 1 saturated heterocycles. The molecule has 4 heterocycles. The molecule has 3 aromatic heterocycles. The lowest BCUT2D eigenvalue weighted by atomic mass is 9.94. The predicted molar refractivity (Wildman–Crippen MR) is 98.8 cm³/mol. The van der Waals surface area contributed by atoms with Gasteiger partial charge in [0.25, 0.3) is 0 Å². The number of nitrogen functional groups attached to an aromatic ring is 1. The molecule has 0 spiro atoms. The number of nitrogens with zero attached hydrogens (tertiary/aromatic N) is 4. The molecule has 1 atom stereocenters. The number of piperidine rings is 1. The molecule has 1 aliphatic heterocycles. The summed E-state index contributed by atoms with van der Waals surface area (Å²) in [6.45, 7) is 5.30. The Hall–Kier alpha value is -2.38. The number of likely N-dealkylation sites (tertiary alicyclic amines) is 1. The van der Waals surface area contributed by atoms with Gasteiger partial charge in [-0.15, -0.1) is 0 Å². The van der Waals surface area contributed by atoms with Crippen LogP contribution < -0.4 is 5.73 Å². The number of nitrogens with two attached hydrogens (primary N) is 1. The molecule has 0 bridgehead atoms. The zero-order valence-electron chi connectivity index (χ0n) is 15.3. The van der Waals surface area contributed by atoms with E-state index in [1.165, 1.54) is 0 Å². The zero-order valence-corrected chi connectivity index (χ0v) is 15.3. The highest BCUT2D eigenvalue weighted by atomic mass is 16.5. The molecule has 0 radical (unpaired) electrons. The lowest BCUT2D eigenvalue weighted by molar-refractivity contribution is 0.153. The van der Waals surface area contributed by atoms with Gasteiger partial charge in [0.2, 0.25) is 0 Å². The van der Waals surface area contributed by atoms with Crippen LogP contribution in [0, 0.1) is 6.92 Å². The monoisotopic (exact) mass is 355 g/mol. The highest BCUT2D eigenvalue weighted by Crippen LogP contribution is 2.28. The van der Waals surface area contributed by atoms with Crippen LogP contribution in [0.5, 0.6) is 0 Å². The van der Waals surface area contributed by atoms with Crippen LogP contribution in [0.1, 0.15) is 41.7 Å². The van der Waals surface area contributed by atoms with Gasteiger partial charge < -0.3 is 14.9 Å². The van der Waals surface area contributed by atoms with Gasteiger partial charge in [0.05, 0.1) is 17.9 Å². The number of fused-ring (bicyclic) bond motifs is 1. The molecule has 3 aromatic rings. The summed E-state index contributed by atoms with van der Waals surface area (Å²) in [5.41, 5.74) is 8.99. The molecule has 0 aromatic carbocycles. The number of hydrogen-bond donors (Lipinski definition) is 1. The molecule has 7 heteroatoms. The van der Waals surface area contributed by atoms with Crippen LogP contribution in [-0.4, -0.2) is 39.7 Å². The Bertz CT molecular complexity index is 901. The fourth-order valence-corrected chi connectivity index (χ4v) is 3.73. The maximum absolute atomic E-state index is 6.19. The summed E-state index contributed by atoms with van der Waals surface area (Å²) in [6, 6.07) is 7.96. The minimum atomic E-state index is 0.375. The number of methoxy groups -OCH3 is 1. The van der Waals surface area contributed by atoms with E-state index in [-0.39, 0.29) is 0 Å². The molecule has 1 aliphatic rings. The number of anilines is 1. The number of aromatic nitrogens is 3. The second-order valence-corrected chi connectivity index (χ2v) is 7.04. The summed E-state index contributed by atoms with van der Waals surface area (Å²) in [5, 5.41) is 4.38. The fourth-order valence-electron chi connectivity index (χ4n) is 3.73. The lowest BCUT2D eigenvalue weighted by Crippen LogP contribution is -2.34. The summed E-state index contributed by atoms with van der Waals surface area (Å²) in [7, 11) is 1.68. The zero-order chi connectivity index (χ0) is 18.1. The van der Waals surface area contributed by atoms with E-state index < -0.39 is 0 Å². The molecule has 2 N–H and O–H groups in total. The van der Waals surface area contributed by atoms with Crippen molar-refractivity contribution in [3.05, 3.63) is 47.2 Å². The van der Waals surface area contributed by atoms with Crippen molar-refractivity contribution in [1.29, 1.82) is 0 Å². The Morgan fingerprint density at radius 1 is 1.31 bits per heavy atom. The quantitative estimate of drug-likeness (QED) is 0.758. The van der Waals surface area contributed by atoms with Crippen LogP contribution in [0.15, 0.2) is 28.7 Å². The Kier molecular flexibility index (Phi) is 4.65. The largest absolute Gasteiger partial charge is 0.462 e. The number of hydrogen-bond acceptors (Lipinski definition) is 6. The number of rotatable bonds is 5. The van der Waals surface area contributed by atoms with E-state index in [1.54, 1.807) is 11.6 Å². The summed E-state index contributed by atoms with van der Waals surface area (Å²) in [6.07, 6.45) is 2.26. The Balaban J connectivity index is 1.49. The third kappa shape index (κ3) is 3.45. The highest BCUT2D eigenvalue weighted by Gasteiger charge is 2.24. The molecule has 1 fully saturated rings. The van der Waals surface area contributed by atoms with Gasteiger partial charge in [0.1, 0.15) is 23.9 Å². The van der Waals surface area contributed by atoms with Crippen molar-refractivity contribution in [2.24, 2.45) is 0 Å². The normalized spacial score (nSPS) is 18.6. The maximum Gasteiger partial charge on any atom is 0.157 e. The predicted octanol–water partition coefficient (Wildman–Crippen LogP) is 2.74. The average molecular weight is 355 g/mol. The van der Waals surface area contributed by atoms with Crippen LogP contribution in [-0.2, 0) is 17.9 Å². The first-order valence-corrected chi connectivity index (χ1v) is 9.04. The average Bonchev–Trinajstić information content (AvgIpc) is 3.21. The Morgan fingerprint density at radius 2 is 2.15 bits per heavy atom. The topological polar surface area (TPSA) is 81.8 Å². The van der Waals surface area contributed by atoms with E-state index in [1.807, 2.05) is 31.2 Å². The highest BCUT2D eigenvalue weighted by molar-refractivity contribution is 5.48. The van der Waals surface area contributed by atoms with Gasteiger partial charge in [-0.2, -0.15) is 9.61 Å². The smallest absolute Gasteiger partial charge is 0.157 e. The van der Waals surface area contributed by atoms with Gasteiger partial charge >= 0.3 is 0 Å². The first kappa shape index (κ1) is 17.1. The summed E-state index contributed by atoms with van der Waals surface area (Å²) in [4.78, 5) is 7.23. The molecule has 138 valence electrons. The first-order valence-electron chi connectivity index (χ1n) is 9.04. The molecular weight excluding hydrogens is 330 g/mol. The van der Waals surface area contributed by atoms with Crippen LogP contribution in [0.3, 0.4) is 0 Å². The fraction of sp³-hybridized carbons (Fsp3) is 0.474. The molecule has 0 amide bonds. The molecular formula is C19H25N5O2. The second-order valence-electron chi connectivity index (χ2n) is 7.04. The van der Waals surface area contributed by atoms with Crippen molar-refractivity contribution in [2.45, 2.75) is 38.8 Å². The van der Waals surface area contributed by atoms with Gasteiger partial charge in [0, 0.05) is 31.7 Å². The van der Waals surface area contributed by atoms with E-state index in [2.05, 4.69) is 10.00 Å². The summed E-state index contributed by atoms with van der Waals surface area (Å²) >= 11 is 0. The van der Waals surface area contributed by atoms with Gasteiger partial charge in [-0.3, -0.25) is 4.90 Å². The van der Waals surface area contributed by atoms with Crippen molar-refractivity contribution in [3.63, 3.8) is 0 Å². The lowest BCUT2D eigenvalue weighted by Gasteiger charge is -2.31. The third-order valence-corrected chi connectivity index (χ3v) is 4.90. The van der Waals surface area contributed by atoms with E-state index in [0.717, 1.165) is 61.0 Å².